The van der Waals surface area contributed by atoms with E-state index in [0.717, 1.165) is 24.2 Å². The first-order chi connectivity index (χ1) is 13.4. The fourth-order valence-corrected chi connectivity index (χ4v) is 3.96. The van der Waals surface area contributed by atoms with Crippen LogP contribution in [0.25, 0.3) is 0 Å². The van der Waals surface area contributed by atoms with Gasteiger partial charge in [0, 0.05) is 41.7 Å². The number of amides is 1. The number of alkyl halides is 2. The fourth-order valence-electron chi connectivity index (χ4n) is 3.96. The number of halogens is 2. The summed E-state index contributed by atoms with van der Waals surface area (Å²) in [6, 6.07) is 3.57. The maximum atomic E-state index is 13.3. The lowest BCUT2D eigenvalue weighted by atomic mass is 9.92. The van der Waals surface area contributed by atoms with Gasteiger partial charge in [-0.05, 0) is 44.9 Å². The first-order valence-electron chi connectivity index (χ1n) is 9.31. The molecule has 0 bridgehead atoms. The number of hydrogen-bond donors (Lipinski definition) is 1. The highest BCUT2D eigenvalue weighted by Gasteiger charge is 2.36. The maximum absolute atomic E-state index is 13.3. The molecule has 28 heavy (non-hydrogen) atoms. The number of fused-ring (bicyclic) bond motifs is 1. The highest BCUT2D eigenvalue weighted by molar-refractivity contribution is 5.99. The van der Waals surface area contributed by atoms with Crippen LogP contribution in [0.5, 0.6) is 0 Å². The summed E-state index contributed by atoms with van der Waals surface area (Å²) in [5.41, 5.74) is 5.61. The van der Waals surface area contributed by atoms with E-state index in [9.17, 15) is 13.6 Å². The summed E-state index contributed by atoms with van der Waals surface area (Å²) < 4.78 is 26.6. The third-order valence-electron chi connectivity index (χ3n) is 5.15. The van der Waals surface area contributed by atoms with Gasteiger partial charge < -0.3 is 4.90 Å². The number of piperidine rings is 1. The third kappa shape index (κ3) is 3.48. The molecular weight excluding hydrogens is 366 g/mol. The van der Waals surface area contributed by atoms with E-state index in [0.29, 0.717) is 24.4 Å². The largest absolute Gasteiger partial charge is 0.338 e. The average molecular weight is 388 g/mol. The SMILES string of the molecule is Cc1cc(C(=O)N2CCCC(C3=CC(C(F)F)=NC4N=CNN34)C2)cc(C)n1. The maximum Gasteiger partial charge on any atom is 0.280 e. The number of carbonyl (C=O) groups excluding carboxylic acids is 1. The molecule has 2 unspecified atom stereocenters. The summed E-state index contributed by atoms with van der Waals surface area (Å²) in [5, 5.41) is 1.70. The smallest absolute Gasteiger partial charge is 0.280 e. The van der Waals surface area contributed by atoms with Crippen molar-refractivity contribution in [3.8, 4) is 0 Å². The second kappa shape index (κ2) is 7.29. The average Bonchev–Trinajstić information content (AvgIpc) is 3.14. The van der Waals surface area contributed by atoms with Gasteiger partial charge in [-0.25, -0.2) is 23.8 Å². The number of nitrogens with zero attached hydrogens (tertiary/aromatic N) is 5. The van der Waals surface area contributed by atoms with Gasteiger partial charge in [0.25, 0.3) is 12.3 Å². The second-order valence-corrected chi connectivity index (χ2v) is 7.28. The molecule has 1 amide bonds. The Hall–Kier alpha value is -2.84. The van der Waals surface area contributed by atoms with Crippen LogP contribution in [0, 0.1) is 19.8 Å². The summed E-state index contributed by atoms with van der Waals surface area (Å²) in [7, 11) is 0. The number of aryl methyl sites for hydroxylation is 2. The van der Waals surface area contributed by atoms with Crippen LogP contribution >= 0.6 is 0 Å². The molecule has 4 rings (SSSR count). The van der Waals surface area contributed by atoms with Crippen LogP contribution in [-0.4, -0.2) is 58.7 Å². The molecule has 0 aromatic carbocycles. The predicted octanol–water partition coefficient (Wildman–Crippen LogP) is 2.29. The van der Waals surface area contributed by atoms with E-state index < -0.39 is 12.7 Å². The minimum Gasteiger partial charge on any atom is -0.338 e. The van der Waals surface area contributed by atoms with Crippen LogP contribution in [0.4, 0.5) is 8.78 Å². The molecule has 1 aromatic heterocycles. The molecule has 1 fully saturated rings. The Kier molecular flexibility index (Phi) is 4.82. The van der Waals surface area contributed by atoms with Crippen molar-refractivity contribution in [2.24, 2.45) is 15.9 Å². The number of aromatic nitrogens is 1. The number of hydrazine groups is 1. The molecule has 0 aliphatic carbocycles. The molecule has 3 aliphatic heterocycles. The molecule has 3 aliphatic rings. The summed E-state index contributed by atoms with van der Waals surface area (Å²) in [5.74, 6) is -0.123. The van der Waals surface area contributed by atoms with Crippen molar-refractivity contribution in [1.82, 2.24) is 20.3 Å². The zero-order chi connectivity index (χ0) is 19.8. The van der Waals surface area contributed by atoms with Crippen molar-refractivity contribution in [2.75, 3.05) is 13.1 Å². The van der Waals surface area contributed by atoms with Gasteiger partial charge in [-0.15, -0.1) is 0 Å². The Bertz CT molecular complexity index is 861. The van der Waals surface area contributed by atoms with Gasteiger partial charge in [-0.1, -0.05) is 0 Å². The van der Waals surface area contributed by atoms with Gasteiger partial charge in [0.05, 0.1) is 0 Å². The van der Waals surface area contributed by atoms with Crippen molar-refractivity contribution in [2.45, 2.75) is 39.4 Å². The zero-order valence-corrected chi connectivity index (χ0v) is 15.8. The van der Waals surface area contributed by atoms with Crippen LogP contribution in [0.3, 0.4) is 0 Å². The molecule has 4 heterocycles. The fraction of sp³-hybridized carbons (Fsp3) is 0.474. The highest BCUT2D eigenvalue weighted by Crippen LogP contribution is 2.31. The summed E-state index contributed by atoms with van der Waals surface area (Å²) >= 11 is 0. The summed E-state index contributed by atoms with van der Waals surface area (Å²) in [6.45, 7) is 4.83. The van der Waals surface area contributed by atoms with Gasteiger partial charge in [0.1, 0.15) is 12.1 Å². The number of allylic oxidation sites excluding steroid dienone is 1. The summed E-state index contributed by atoms with van der Waals surface area (Å²) in [4.78, 5) is 27.2. The second-order valence-electron chi connectivity index (χ2n) is 7.28. The van der Waals surface area contributed by atoms with Gasteiger partial charge in [-0.3, -0.25) is 15.2 Å². The van der Waals surface area contributed by atoms with Crippen LogP contribution in [0.15, 0.2) is 33.9 Å². The minimum absolute atomic E-state index is 0.0559. The molecule has 1 N–H and O–H groups in total. The minimum atomic E-state index is -2.66. The van der Waals surface area contributed by atoms with E-state index in [1.54, 1.807) is 22.0 Å². The Morgan fingerprint density at radius 3 is 2.75 bits per heavy atom. The van der Waals surface area contributed by atoms with Gasteiger partial charge in [0.2, 0.25) is 6.29 Å². The van der Waals surface area contributed by atoms with Gasteiger partial charge in [0.15, 0.2) is 0 Å². The summed E-state index contributed by atoms with van der Waals surface area (Å²) in [6.07, 6.45) is 1.15. The van der Waals surface area contributed by atoms with Crippen molar-refractivity contribution in [3.63, 3.8) is 0 Å². The highest BCUT2D eigenvalue weighted by atomic mass is 19.3. The van der Waals surface area contributed by atoms with Crippen LogP contribution in [-0.2, 0) is 0 Å². The number of likely N-dealkylation sites (tertiary alicyclic amines) is 1. The number of pyridine rings is 1. The van der Waals surface area contributed by atoms with Crippen LogP contribution < -0.4 is 5.43 Å². The normalized spacial score (nSPS) is 24.0. The predicted molar refractivity (Wildman–Crippen MR) is 101 cm³/mol. The quantitative estimate of drug-likeness (QED) is 0.862. The number of aliphatic imine (C=N–C) groups is 2. The zero-order valence-electron chi connectivity index (χ0n) is 15.8. The van der Waals surface area contributed by atoms with Crippen molar-refractivity contribution in [3.05, 3.63) is 40.9 Å². The molecule has 0 spiro atoms. The van der Waals surface area contributed by atoms with Crippen molar-refractivity contribution >= 4 is 18.0 Å². The van der Waals surface area contributed by atoms with E-state index in [1.807, 2.05) is 13.8 Å². The Morgan fingerprint density at radius 1 is 1.29 bits per heavy atom. The van der Waals surface area contributed by atoms with Gasteiger partial charge >= 0.3 is 0 Å². The first-order valence-corrected chi connectivity index (χ1v) is 9.31. The Labute approximate surface area is 161 Å². The molecule has 0 saturated carbocycles. The van der Waals surface area contributed by atoms with Crippen molar-refractivity contribution in [1.29, 1.82) is 0 Å². The number of carbonyl (C=O) groups is 1. The third-order valence-corrected chi connectivity index (χ3v) is 5.15. The first kappa shape index (κ1) is 18.5. The number of rotatable bonds is 3. The lowest BCUT2D eigenvalue weighted by Crippen LogP contribution is -2.47. The van der Waals surface area contributed by atoms with E-state index in [2.05, 4.69) is 20.4 Å². The lowest BCUT2D eigenvalue weighted by molar-refractivity contribution is 0.0664. The molecule has 2 atom stereocenters. The van der Waals surface area contributed by atoms with E-state index >= 15 is 0 Å². The lowest BCUT2D eigenvalue weighted by Gasteiger charge is -2.39. The number of hydrogen-bond acceptors (Lipinski definition) is 6. The molecule has 1 saturated heterocycles. The van der Waals surface area contributed by atoms with Crippen LogP contribution in [0.1, 0.15) is 34.6 Å². The molecule has 148 valence electrons. The Balaban J connectivity index is 1.56. The Morgan fingerprint density at radius 2 is 2.04 bits per heavy atom. The topological polar surface area (TPSA) is 73.2 Å². The molecule has 0 radical (unpaired) electrons. The molecule has 1 aromatic rings. The molecule has 9 heteroatoms. The van der Waals surface area contributed by atoms with Crippen molar-refractivity contribution < 1.29 is 13.6 Å². The molecular formula is C19H22F2N6O. The van der Waals surface area contributed by atoms with Gasteiger partial charge in [-0.2, -0.15) is 0 Å². The van der Waals surface area contributed by atoms with E-state index in [4.69, 9.17) is 0 Å². The standard InChI is InChI=1S/C19H22F2N6O/c1-11-6-14(7-12(2)24-11)18(28)26-5-3-4-13(9-26)16-8-15(17(20)21)25-19-22-10-23-27(16)19/h6-8,10,13,17,19H,3-5,9H2,1-2H3,(H,22,23). The van der Waals surface area contributed by atoms with E-state index in [-0.39, 0.29) is 17.5 Å². The monoisotopic (exact) mass is 388 g/mol. The number of nitrogens with one attached hydrogen (secondary N) is 1. The van der Waals surface area contributed by atoms with Crippen LogP contribution in [0.2, 0.25) is 0 Å². The molecule has 7 nitrogen and oxygen atoms in total. The van der Waals surface area contributed by atoms with E-state index in [1.165, 1.54) is 12.4 Å².